The number of carbonyl (C=O) groups excluding carboxylic acids is 1. The molecule has 2 aromatic carbocycles. The van der Waals surface area contributed by atoms with Crippen molar-refractivity contribution in [3.05, 3.63) is 53.6 Å². The van der Waals surface area contributed by atoms with Crippen LogP contribution in [0.4, 0.5) is 0 Å². The standard InChI is InChI=1S/C21H27O3PS.C2H6/c1-15(5-4-14-25)12-13-23-18-10-8-17(9-11-18)21(22)24-19-7-3-6-16(2)20(19)26;1-2/h3,6-11,15,26H,4-5,12-14,25H2,1-2H3;1-2H3. The van der Waals surface area contributed by atoms with Crippen LogP contribution in [0.15, 0.2) is 47.4 Å². The number of hydrogen-bond acceptors (Lipinski definition) is 4. The van der Waals surface area contributed by atoms with Gasteiger partial charge in [0, 0.05) is 4.90 Å². The van der Waals surface area contributed by atoms with Crippen molar-refractivity contribution in [2.24, 2.45) is 5.92 Å². The van der Waals surface area contributed by atoms with E-state index in [0.29, 0.717) is 28.7 Å². The molecule has 0 saturated heterocycles. The number of ether oxygens (including phenoxy) is 2. The summed E-state index contributed by atoms with van der Waals surface area (Å²) in [6, 6.07) is 12.6. The summed E-state index contributed by atoms with van der Waals surface area (Å²) in [5, 5.41) is 0. The summed E-state index contributed by atoms with van der Waals surface area (Å²) >= 11 is 4.39. The zero-order valence-corrected chi connectivity index (χ0v) is 19.5. The molecular weight excluding hydrogens is 387 g/mol. The van der Waals surface area contributed by atoms with E-state index < -0.39 is 5.97 Å². The highest BCUT2D eigenvalue weighted by Crippen LogP contribution is 2.26. The van der Waals surface area contributed by atoms with Crippen LogP contribution in [0.1, 0.15) is 56.0 Å². The summed E-state index contributed by atoms with van der Waals surface area (Å²) in [5.74, 6) is 1.50. The zero-order chi connectivity index (χ0) is 20.9. The molecule has 0 bridgehead atoms. The number of thiol groups is 1. The lowest BCUT2D eigenvalue weighted by atomic mass is 10.0. The van der Waals surface area contributed by atoms with Crippen LogP contribution in [0.5, 0.6) is 11.5 Å². The van der Waals surface area contributed by atoms with Crippen LogP contribution in [0, 0.1) is 12.8 Å². The molecule has 0 heterocycles. The second-order valence-electron chi connectivity index (χ2n) is 6.51. The Balaban J connectivity index is 0.00000190. The van der Waals surface area contributed by atoms with Gasteiger partial charge in [-0.15, -0.1) is 21.9 Å². The molecule has 0 N–H and O–H groups in total. The normalized spacial score (nSPS) is 11.2. The van der Waals surface area contributed by atoms with Crippen molar-refractivity contribution in [2.75, 3.05) is 12.8 Å². The molecule has 5 heteroatoms. The van der Waals surface area contributed by atoms with Gasteiger partial charge in [0.15, 0.2) is 0 Å². The number of carbonyl (C=O) groups is 1. The first-order chi connectivity index (χ1) is 13.5. The van der Waals surface area contributed by atoms with Gasteiger partial charge in [-0.25, -0.2) is 4.79 Å². The molecule has 0 saturated carbocycles. The van der Waals surface area contributed by atoms with Crippen LogP contribution in [0.25, 0.3) is 0 Å². The smallest absolute Gasteiger partial charge is 0.343 e. The van der Waals surface area contributed by atoms with Gasteiger partial charge in [-0.05, 0) is 67.7 Å². The van der Waals surface area contributed by atoms with Crippen LogP contribution < -0.4 is 9.47 Å². The Hall–Kier alpha value is -1.51. The Kier molecular flexibility index (Phi) is 11.9. The van der Waals surface area contributed by atoms with Crippen molar-refractivity contribution in [3.8, 4) is 11.5 Å². The minimum atomic E-state index is -0.400. The number of benzene rings is 2. The van der Waals surface area contributed by atoms with Gasteiger partial charge in [0.2, 0.25) is 0 Å². The van der Waals surface area contributed by atoms with Crippen LogP contribution in [-0.2, 0) is 0 Å². The minimum Gasteiger partial charge on any atom is -0.494 e. The maximum absolute atomic E-state index is 12.3. The second-order valence-corrected chi connectivity index (χ2v) is 7.53. The first kappa shape index (κ1) is 24.5. The molecule has 0 aromatic heterocycles. The Morgan fingerprint density at radius 1 is 1.11 bits per heavy atom. The van der Waals surface area contributed by atoms with Crippen LogP contribution in [-0.4, -0.2) is 18.7 Å². The summed E-state index contributed by atoms with van der Waals surface area (Å²) in [5.41, 5.74) is 1.45. The molecule has 0 fully saturated rings. The van der Waals surface area contributed by atoms with E-state index in [0.717, 1.165) is 23.9 Å². The van der Waals surface area contributed by atoms with E-state index in [2.05, 4.69) is 28.8 Å². The van der Waals surface area contributed by atoms with Crippen molar-refractivity contribution in [2.45, 2.75) is 51.9 Å². The highest BCUT2D eigenvalue weighted by molar-refractivity contribution is 7.80. The topological polar surface area (TPSA) is 35.5 Å². The molecule has 28 heavy (non-hydrogen) atoms. The Labute approximate surface area is 177 Å². The van der Waals surface area contributed by atoms with E-state index in [1.54, 1.807) is 18.2 Å². The molecule has 2 unspecified atom stereocenters. The second kappa shape index (κ2) is 13.6. The molecule has 2 aromatic rings. The van der Waals surface area contributed by atoms with Crippen LogP contribution in [0.3, 0.4) is 0 Å². The molecule has 0 amide bonds. The van der Waals surface area contributed by atoms with Crippen molar-refractivity contribution in [3.63, 3.8) is 0 Å². The molecule has 3 nitrogen and oxygen atoms in total. The van der Waals surface area contributed by atoms with Gasteiger partial charge in [0.25, 0.3) is 0 Å². The van der Waals surface area contributed by atoms with Crippen molar-refractivity contribution in [1.82, 2.24) is 0 Å². The van der Waals surface area contributed by atoms with E-state index in [-0.39, 0.29) is 0 Å². The Morgan fingerprint density at radius 3 is 2.43 bits per heavy atom. The monoisotopic (exact) mass is 420 g/mol. The molecule has 154 valence electrons. The van der Waals surface area contributed by atoms with Gasteiger partial charge in [0.1, 0.15) is 11.5 Å². The van der Waals surface area contributed by atoms with Crippen molar-refractivity contribution >= 4 is 27.8 Å². The summed E-state index contributed by atoms with van der Waals surface area (Å²) in [4.78, 5) is 13.0. The maximum atomic E-state index is 12.3. The third kappa shape index (κ3) is 8.24. The Morgan fingerprint density at radius 2 is 1.79 bits per heavy atom. The predicted molar refractivity (Wildman–Crippen MR) is 124 cm³/mol. The summed E-state index contributed by atoms with van der Waals surface area (Å²) < 4.78 is 11.2. The molecule has 0 spiro atoms. The highest BCUT2D eigenvalue weighted by atomic mass is 32.1. The van der Waals surface area contributed by atoms with E-state index in [1.165, 1.54) is 12.8 Å². The van der Waals surface area contributed by atoms with E-state index in [1.807, 2.05) is 45.0 Å². The lowest BCUT2D eigenvalue weighted by Gasteiger charge is -2.12. The van der Waals surface area contributed by atoms with Gasteiger partial charge in [-0.3, -0.25) is 0 Å². The molecule has 0 aliphatic carbocycles. The maximum Gasteiger partial charge on any atom is 0.343 e. The predicted octanol–water partition coefficient (Wildman–Crippen LogP) is 6.59. The third-order valence-corrected chi connectivity index (χ3v) is 5.26. The van der Waals surface area contributed by atoms with Crippen LogP contribution in [0.2, 0.25) is 0 Å². The number of rotatable bonds is 9. The molecule has 2 atom stereocenters. The molecule has 0 aliphatic rings. The average molecular weight is 421 g/mol. The fraction of sp³-hybridized carbons (Fsp3) is 0.435. The van der Waals surface area contributed by atoms with Gasteiger partial charge in [-0.1, -0.05) is 39.3 Å². The number of aryl methyl sites for hydroxylation is 1. The van der Waals surface area contributed by atoms with Gasteiger partial charge in [-0.2, -0.15) is 0 Å². The molecular formula is C23H33O3PS. The SMILES string of the molecule is CC.Cc1cccc(OC(=O)c2ccc(OCCC(C)CCCP)cc2)c1S. The Bertz CT molecular complexity index is 716. The average Bonchev–Trinajstić information content (AvgIpc) is 2.72. The summed E-state index contributed by atoms with van der Waals surface area (Å²) in [6.45, 7) is 8.87. The fourth-order valence-corrected chi connectivity index (χ4v) is 2.98. The highest BCUT2D eigenvalue weighted by Gasteiger charge is 2.12. The third-order valence-electron chi connectivity index (χ3n) is 4.27. The van der Waals surface area contributed by atoms with Crippen LogP contribution >= 0.6 is 21.9 Å². The summed E-state index contributed by atoms with van der Waals surface area (Å²) in [6.07, 6.45) is 4.65. The first-order valence-electron chi connectivity index (χ1n) is 9.95. The molecule has 0 aliphatic heterocycles. The fourth-order valence-electron chi connectivity index (χ4n) is 2.55. The van der Waals surface area contributed by atoms with Crippen molar-refractivity contribution < 1.29 is 14.3 Å². The quantitative estimate of drug-likeness (QED) is 0.215. The van der Waals surface area contributed by atoms with Gasteiger partial charge in [0.05, 0.1) is 12.2 Å². The molecule has 2 rings (SSSR count). The van der Waals surface area contributed by atoms with Gasteiger partial charge < -0.3 is 9.47 Å². The zero-order valence-electron chi connectivity index (χ0n) is 17.4. The molecule has 0 radical (unpaired) electrons. The van der Waals surface area contributed by atoms with E-state index >= 15 is 0 Å². The lowest BCUT2D eigenvalue weighted by molar-refractivity contribution is 0.0730. The lowest BCUT2D eigenvalue weighted by Crippen LogP contribution is -2.09. The largest absolute Gasteiger partial charge is 0.494 e. The summed E-state index contributed by atoms with van der Waals surface area (Å²) in [7, 11) is 2.77. The number of esters is 1. The van der Waals surface area contributed by atoms with E-state index in [4.69, 9.17) is 9.47 Å². The van der Waals surface area contributed by atoms with E-state index in [9.17, 15) is 4.79 Å². The number of hydrogen-bond donors (Lipinski definition) is 1. The van der Waals surface area contributed by atoms with Crippen molar-refractivity contribution in [1.29, 1.82) is 0 Å². The van der Waals surface area contributed by atoms with Gasteiger partial charge >= 0.3 is 5.97 Å². The minimum absolute atomic E-state index is 0.400. The first-order valence-corrected chi connectivity index (χ1v) is 11.2.